The third kappa shape index (κ3) is 6.09. The lowest BCUT2D eigenvalue weighted by molar-refractivity contribution is -0.00873. The number of nitrogens with zero attached hydrogens (tertiary/aromatic N) is 1. The van der Waals surface area contributed by atoms with E-state index in [0.29, 0.717) is 24.1 Å². The second kappa shape index (κ2) is 11.8. The minimum Gasteiger partial charge on any atom is -0.465 e. The van der Waals surface area contributed by atoms with E-state index in [1.807, 2.05) is 18.0 Å². The lowest BCUT2D eigenvalue weighted by atomic mass is 9.72. The lowest BCUT2D eigenvalue weighted by Crippen LogP contribution is -2.52. The molecule has 0 radical (unpaired) electrons. The fourth-order valence-corrected chi connectivity index (χ4v) is 8.45. The summed E-state index contributed by atoms with van der Waals surface area (Å²) in [6.07, 6.45) is 8.06. The van der Waals surface area contributed by atoms with E-state index in [4.69, 9.17) is 9.84 Å². The number of ether oxygens (including phenoxy) is 1. The first-order valence-electron chi connectivity index (χ1n) is 14.4. The molecule has 210 valence electrons. The number of rotatable bonds is 11. The molecule has 5 aliphatic rings. The molecule has 5 unspecified atom stereocenters. The molecule has 1 aliphatic heterocycles. The van der Waals surface area contributed by atoms with Crippen LogP contribution in [0.25, 0.3) is 0 Å². The molecule has 4 N–H and O–H groups in total. The van der Waals surface area contributed by atoms with Crippen LogP contribution < -0.4 is 16.0 Å². The summed E-state index contributed by atoms with van der Waals surface area (Å²) in [6.45, 7) is 2.28. The Labute approximate surface area is 225 Å². The number of carbonyl (C=O) groups is 2. The summed E-state index contributed by atoms with van der Waals surface area (Å²) < 4.78 is 20.2. The molecule has 4 bridgehead atoms. The van der Waals surface area contributed by atoms with Crippen molar-refractivity contribution >= 4 is 12.1 Å². The molecule has 1 heterocycles. The number of urea groups is 1. The molecule has 0 aromatic heterocycles. The van der Waals surface area contributed by atoms with Gasteiger partial charge in [0.25, 0.3) is 0 Å². The highest BCUT2D eigenvalue weighted by molar-refractivity contribution is 5.74. The molecular formula is C29H43FN4O4. The molecule has 6 rings (SSSR count). The van der Waals surface area contributed by atoms with Gasteiger partial charge in [0.05, 0.1) is 12.7 Å². The Morgan fingerprint density at radius 3 is 2.74 bits per heavy atom. The normalized spacial score (nSPS) is 31.3. The average Bonchev–Trinajstić information content (AvgIpc) is 3.26. The Kier molecular flexibility index (Phi) is 8.43. The third-order valence-electron chi connectivity index (χ3n) is 9.62. The van der Waals surface area contributed by atoms with Crippen LogP contribution in [0.5, 0.6) is 0 Å². The molecule has 4 saturated carbocycles. The average molecular weight is 531 g/mol. The zero-order valence-corrected chi connectivity index (χ0v) is 22.5. The predicted octanol–water partition coefficient (Wildman–Crippen LogP) is 4.38. The van der Waals surface area contributed by atoms with Gasteiger partial charge in [-0.3, -0.25) is 0 Å². The number of carbonyl (C=O) groups excluding carboxylic acids is 1. The van der Waals surface area contributed by atoms with Gasteiger partial charge in [0.15, 0.2) is 0 Å². The largest absolute Gasteiger partial charge is 0.465 e. The van der Waals surface area contributed by atoms with Crippen LogP contribution in [0.4, 0.5) is 14.0 Å². The molecule has 3 amide bonds. The summed E-state index contributed by atoms with van der Waals surface area (Å²) in [5.74, 6) is 2.28. The zero-order valence-electron chi connectivity index (χ0n) is 22.5. The molecule has 1 saturated heterocycles. The summed E-state index contributed by atoms with van der Waals surface area (Å²) in [6, 6.07) is 6.44. The Balaban J connectivity index is 1.22. The second-order valence-corrected chi connectivity index (χ2v) is 12.2. The summed E-state index contributed by atoms with van der Waals surface area (Å²) >= 11 is 0. The minimum atomic E-state index is -1.11. The number of halogens is 1. The van der Waals surface area contributed by atoms with E-state index in [1.54, 1.807) is 6.07 Å². The minimum absolute atomic E-state index is 0.0105. The fraction of sp³-hybridized carbons (Fsp3) is 0.724. The van der Waals surface area contributed by atoms with Gasteiger partial charge in [-0.2, -0.15) is 0 Å². The molecule has 4 aliphatic carbocycles. The number of nitrogens with one attached hydrogen (secondary N) is 3. The number of hydrogen-bond donors (Lipinski definition) is 4. The van der Waals surface area contributed by atoms with Crippen LogP contribution in [0.3, 0.4) is 0 Å². The van der Waals surface area contributed by atoms with E-state index in [1.165, 1.54) is 44.2 Å². The smallest absolute Gasteiger partial charge is 0.404 e. The van der Waals surface area contributed by atoms with Gasteiger partial charge in [-0.1, -0.05) is 12.1 Å². The Morgan fingerprint density at radius 1 is 1.24 bits per heavy atom. The molecule has 0 spiro atoms. The number of likely N-dealkylation sites (N-methyl/N-ethyl adjacent to an activating group) is 1. The maximum atomic E-state index is 14.1. The Morgan fingerprint density at radius 2 is 2.03 bits per heavy atom. The highest BCUT2D eigenvalue weighted by Gasteiger charge is 2.57. The van der Waals surface area contributed by atoms with Crippen molar-refractivity contribution < 1.29 is 23.8 Å². The predicted molar refractivity (Wildman–Crippen MR) is 142 cm³/mol. The first-order chi connectivity index (χ1) is 18.3. The van der Waals surface area contributed by atoms with Gasteiger partial charge in [-0.15, -0.1) is 0 Å². The van der Waals surface area contributed by atoms with Crippen molar-refractivity contribution in [3.8, 4) is 0 Å². The van der Waals surface area contributed by atoms with E-state index in [-0.39, 0.29) is 37.0 Å². The lowest BCUT2D eigenvalue weighted by Gasteiger charge is -2.39. The van der Waals surface area contributed by atoms with E-state index in [9.17, 15) is 14.0 Å². The maximum absolute atomic E-state index is 14.1. The van der Waals surface area contributed by atoms with E-state index in [0.717, 1.165) is 43.6 Å². The molecular weight excluding hydrogens is 487 g/mol. The van der Waals surface area contributed by atoms with Gasteiger partial charge >= 0.3 is 12.1 Å². The summed E-state index contributed by atoms with van der Waals surface area (Å²) in [5.41, 5.74) is 1.12. The first kappa shape index (κ1) is 27.2. The first-order valence-corrected chi connectivity index (χ1v) is 14.4. The van der Waals surface area contributed by atoms with E-state index in [2.05, 4.69) is 16.0 Å². The monoisotopic (exact) mass is 530 g/mol. The SMILES string of the molecule is CNCC(CC12CC3CC(CC1C3)C2)NC(=O)N1CCCC(C(OCCNC(=O)O)c2cccc(F)c2)C1. The highest BCUT2D eigenvalue weighted by atomic mass is 19.1. The molecule has 9 heteroatoms. The van der Waals surface area contributed by atoms with E-state index >= 15 is 0 Å². The van der Waals surface area contributed by atoms with Crippen molar-refractivity contribution in [2.45, 2.75) is 63.5 Å². The van der Waals surface area contributed by atoms with Crippen molar-refractivity contribution in [2.75, 3.05) is 39.8 Å². The van der Waals surface area contributed by atoms with Crippen LogP contribution in [0.1, 0.15) is 63.0 Å². The summed E-state index contributed by atoms with van der Waals surface area (Å²) in [7, 11) is 1.95. The third-order valence-corrected chi connectivity index (χ3v) is 9.62. The van der Waals surface area contributed by atoms with Gasteiger partial charge in [0.1, 0.15) is 5.82 Å². The van der Waals surface area contributed by atoms with Gasteiger partial charge in [-0.25, -0.2) is 14.0 Å². The molecule has 1 aromatic rings. The summed E-state index contributed by atoms with van der Waals surface area (Å²) in [5, 5.41) is 17.9. The standard InChI is InChI=1S/C29H43FN4O4/c1-31-17-25(16-29-14-19-10-20(15-29)12-23(29)11-19)33-27(35)34-8-3-5-22(18-34)26(38-9-7-32-28(36)37)21-4-2-6-24(30)13-21/h2,4,6,13,19-20,22-23,25-26,31-32H,3,5,7-12,14-18H2,1H3,(H,33,35)(H,36,37). The quantitative estimate of drug-likeness (QED) is 0.318. The van der Waals surface area contributed by atoms with Crippen molar-refractivity contribution in [1.82, 2.24) is 20.9 Å². The molecule has 38 heavy (non-hydrogen) atoms. The number of benzene rings is 1. The van der Waals surface area contributed by atoms with Crippen molar-refractivity contribution in [1.29, 1.82) is 0 Å². The number of carboxylic acid groups (broad SMARTS) is 1. The number of amides is 3. The van der Waals surface area contributed by atoms with Crippen LogP contribution in [0.15, 0.2) is 24.3 Å². The fourth-order valence-electron chi connectivity index (χ4n) is 8.45. The number of piperidine rings is 1. The topological polar surface area (TPSA) is 103 Å². The van der Waals surface area contributed by atoms with Crippen LogP contribution in [0.2, 0.25) is 0 Å². The Hall–Kier alpha value is -2.39. The van der Waals surface area contributed by atoms with Crippen molar-refractivity contribution in [3.63, 3.8) is 0 Å². The Bertz CT molecular complexity index is 979. The van der Waals surface area contributed by atoms with Crippen molar-refractivity contribution in [3.05, 3.63) is 35.6 Å². The van der Waals surface area contributed by atoms with Gasteiger partial charge in [0, 0.05) is 38.1 Å². The van der Waals surface area contributed by atoms with E-state index < -0.39 is 12.2 Å². The number of hydrogen-bond acceptors (Lipinski definition) is 4. The van der Waals surface area contributed by atoms with Gasteiger partial charge in [-0.05, 0) is 99.3 Å². The van der Waals surface area contributed by atoms with Crippen LogP contribution in [-0.4, -0.2) is 68.0 Å². The molecule has 1 aromatic carbocycles. The summed E-state index contributed by atoms with van der Waals surface area (Å²) in [4.78, 5) is 26.2. The molecule has 5 fully saturated rings. The molecule has 8 nitrogen and oxygen atoms in total. The van der Waals surface area contributed by atoms with Crippen LogP contribution in [-0.2, 0) is 4.74 Å². The molecule has 5 atom stereocenters. The maximum Gasteiger partial charge on any atom is 0.404 e. The zero-order chi connectivity index (χ0) is 26.7. The second-order valence-electron chi connectivity index (χ2n) is 12.2. The van der Waals surface area contributed by atoms with Gasteiger partial charge in [0.2, 0.25) is 0 Å². The van der Waals surface area contributed by atoms with Crippen LogP contribution >= 0.6 is 0 Å². The van der Waals surface area contributed by atoms with Gasteiger partial charge < -0.3 is 30.7 Å². The number of likely N-dealkylation sites (tertiary alicyclic amines) is 1. The highest BCUT2D eigenvalue weighted by Crippen LogP contribution is 2.67. The van der Waals surface area contributed by atoms with Crippen LogP contribution in [0, 0.1) is 34.9 Å². The van der Waals surface area contributed by atoms with Crippen molar-refractivity contribution in [2.24, 2.45) is 29.1 Å².